The summed E-state index contributed by atoms with van der Waals surface area (Å²) in [5.41, 5.74) is -1.09. The first-order valence-electron chi connectivity index (χ1n) is 6.68. The van der Waals surface area contributed by atoms with E-state index < -0.39 is 29.6 Å². The Labute approximate surface area is 124 Å². The Kier molecular flexibility index (Phi) is 7.72. The SMILES string of the molecule is CCN(CC(C)(C)O)C(=O)N[C@@H](CCC(=O)OC)C(=O)O. The number of nitrogens with zero attached hydrogens (tertiary/aromatic N) is 1. The second-order valence-corrected chi connectivity index (χ2v) is 5.28. The molecule has 0 heterocycles. The molecule has 0 aromatic rings. The molecule has 0 aliphatic heterocycles. The van der Waals surface area contributed by atoms with Gasteiger partial charge in [-0.1, -0.05) is 0 Å². The standard InChI is InChI=1S/C13H24N2O6/c1-5-15(8-13(2,3)20)12(19)14-9(11(17)18)6-7-10(16)21-4/h9,20H,5-8H2,1-4H3,(H,14,19)(H,17,18)/t9-/m0/s1. The molecular formula is C13H24N2O6. The Balaban J connectivity index is 4.64. The number of amides is 2. The summed E-state index contributed by atoms with van der Waals surface area (Å²) in [6, 6.07) is -1.79. The van der Waals surface area contributed by atoms with Gasteiger partial charge in [-0.15, -0.1) is 0 Å². The molecule has 1 atom stereocenters. The maximum atomic E-state index is 12.0. The first-order chi connectivity index (χ1) is 9.60. The van der Waals surface area contributed by atoms with E-state index in [9.17, 15) is 19.5 Å². The Hall–Kier alpha value is -1.83. The lowest BCUT2D eigenvalue weighted by Crippen LogP contribution is -2.51. The quantitative estimate of drug-likeness (QED) is 0.551. The number of carbonyl (C=O) groups is 3. The lowest BCUT2D eigenvalue weighted by molar-refractivity contribution is -0.142. The third kappa shape index (κ3) is 8.13. The highest BCUT2D eigenvalue weighted by atomic mass is 16.5. The van der Waals surface area contributed by atoms with Crippen molar-refractivity contribution >= 4 is 18.0 Å². The number of hydrogen-bond acceptors (Lipinski definition) is 5. The van der Waals surface area contributed by atoms with Crippen LogP contribution in [0, 0.1) is 0 Å². The first-order valence-corrected chi connectivity index (χ1v) is 6.68. The number of aliphatic carboxylic acids is 1. The van der Waals surface area contributed by atoms with Crippen LogP contribution in [0.1, 0.15) is 33.6 Å². The second-order valence-electron chi connectivity index (χ2n) is 5.28. The molecule has 0 saturated carbocycles. The van der Waals surface area contributed by atoms with E-state index in [2.05, 4.69) is 10.1 Å². The normalized spacial score (nSPS) is 12.4. The molecule has 8 nitrogen and oxygen atoms in total. The third-order valence-electron chi connectivity index (χ3n) is 2.71. The molecule has 0 aliphatic carbocycles. The molecule has 21 heavy (non-hydrogen) atoms. The molecule has 0 aliphatic rings. The fourth-order valence-corrected chi connectivity index (χ4v) is 1.66. The largest absolute Gasteiger partial charge is 0.480 e. The number of hydrogen-bond donors (Lipinski definition) is 3. The van der Waals surface area contributed by atoms with Gasteiger partial charge in [-0.3, -0.25) is 4.79 Å². The number of nitrogens with one attached hydrogen (secondary N) is 1. The van der Waals surface area contributed by atoms with Crippen molar-refractivity contribution in [2.45, 2.75) is 45.3 Å². The number of likely N-dealkylation sites (N-methyl/N-ethyl adjacent to an activating group) is 1. The monoisotopic (exact) mass is 304 g/mol. The Bertz CT molecular complexity index is 377. The molecule has 0 unspecified atom stereocenters. The van der Waals surface area contributed by atoms with Crippen molar-refractivity contribution in [3.05, 3.63) is 0 Å². The smallest absolute Gasteiger partial charge is 0.326 e. The van der Waals surface area contributed by atoms with Crippen molar-refractivity contribution in [1.82, 2.24) is 10.2 Å². The van der Waals surface area contributed by atoms with Crippen molar-refractivity contribution in [3.8, 4) is 0 Å². The van der Waals surface area contributed by atoms with Gasteiger partial charge in [0.15, 0.2) is 0 Å². The van der Waals surface area contributed by atoms with Crippen molar-refractivity contribution in [2.75, 3.05) is 20.2 Å². The maximum absolute atomic E-state index is 12.0. The zero-order chi connectivity index (χ0) is 16.6. The van der Waals surface area contributed by atoms with Gasteiger partial charge in [0.05, 0.1) is 19.3 Å². The van der Waals surface area contributed by atoms with Crippen LogP contribution in [0.25, 0.3) is 0 Å². The second kappa shape index (κ2) is 8.46. The van der Waals surface area contributed by atoms with E-state index in [1.807, 2.05) is 0 Å². The number of aliphatic hydroxyl groups is 1. The van der Waals surface area contributed by atoms with Crippen LogP contribution in [0.2, 0.25) is 0 Å². The number of methoxy groups -OCH3 is 1. The Morgan fingerprint density at radius 1 is 1.33 bits per heavy atom. The van der Waals surface area contributed by atoms with Crippen LogP contribution >= 0.6 is 0 Å². The summed E-state index contributed by atoms with van der Waals surface area (Å²) in [6.45, 7) is 5.21. The van der Waals surface area contributed by atoms with Gasteiger partial charge in [-0.25, -0.2) is 9.59 Å². The van der Waals surface area contributed by atoms with E-state index in [0.29, 0.717) is 6.54 Å². The van der Waals surface area contributed by atoms with Crippen LogP contribution in [0.4, 0.5) is 4.79 Å². The lowest BCUT2D eigenvalue weighted by Gasteiger charge is -2.29. The number of esters is 1. The summed E-state index contributed by atoms with van der Waals surface area (Å²) in [4.78, 5) is 35.4. The molecule has 0 aromatic carbocycles. The summed E-state index contributed by atoms with van der Waals surface area (Å²) in [6.07, 6.45) is -0.167. The highest BCUT2D eigenvalue weighted by Crippen LogP contribution is 2.06. The predicted octanol–water partition coefficient (Wildman–Crippen LogP) is 0.195. The summed E-state index contributed by atoms with van der Waals surface area (Å²) in [5, 5.41) is 21.1. The summed E-state index contributed by atoms with van der Waals surface area (Å²) >= 11 is 0. The van der Waals surface area contributed by atoms with E-state index >= 15 is 0 Å². The number of urea groups is 1. The average Bonchev–Trinajstić information content (AvgIpc) is 2.38. The van der Waals surface area contributed by atoms with E-state index in [1.54, 1.807) is 20.8 Å². The molecule has 0 aromatic heterocycles. The Morgan fingerprint density at radius 3 is 2.29 bits per heavy atom. The molecule has 0 rings (SSSR count). The van der Waals surface area contributed by atoms with Crippen molar-refractivity contribution < 1.29 is 29.3 Å². The van der Waals surface area contributed by atoms with E-state index in [-0.39, 0.29) is 19.4 Å². The van der Waals surface area contributed by atoms with Crippen LogP contribution in [-0.2, 0) is 14.3 Å². The average molecular weight is 304 g/mol. The topological polar surface area (TPSA) is 116 Å². The maximum Gasteiger partial charge on any atom is 0.326 e. The number of carboxylic acids is 1. The minimum Gasteiger partial charge on any atom is -0.480 e. The molecule has 3 N–H and O–H groups in total. The first kappa shape index (κ1) is 19.2. The number of rotatable bonds is 8. The molecular weight excluding hydrogens is 280 g/mol. The van der Waals surface area contributed by atoms with Gasteiger partial charge in [0.1, 0.15) is 6.04 Å². The summed E-state index contributed by atoms with van der Waals surface area (Å²) in [7, 11) is 1.21. The third-order valence-corrected chi connectivity index (χ3v) is 2.71. The Morgan fingerprint density at radius 2 is 1.90 bits per heavy atom. The fraction of sp³-hybridized carbons (Fsp3) is 0.769. The van der Waals surface area contributed by atoms with Crippen molar-refractivity contribution in [1.29, 1.82) is 0 Å². The zero-order valence-electron chi connectivity index (χ0n) is 12.9. The number of carboxylic acid groups (broad SMARTS) is 1. The molecule has 0 radical (unpaired) electrons. The minimum atomic E-state index is -1.23. The highest BCUT2D eigenvalue weighted by Gasteiger charge is 2.26. The van der Waals surface area contributed by atoms with Gasteiger partial charge in [0, 0.05) is 13.0 Å². The van der Waals surface area contributed by atoms with E-state index in [0.717, 1.165) is 0 Å². The predicted molar refractivity (Wildman–Crippen MR) is 74.8 cm³/mol. The minimum absolute atomic E-state index is 0.0617. The van der Waals surface area contributed by atoms with Crippen LogP contribution < -0.4 is 5.32 Å². The summed E-state index contributed by atoms with van der Waals surface area (Å²) in [5.74, 6) is -1.77. The lowest BCUT2D eigenvalue weighted by atomic mass is 10.1. The van der Waals surface area contributed by atoms with Gasteiger partial charge < -0.3 is 25.2 Å². The molecule has 0 fully saturated rings. The van der Waals surface area contributed by atoms with Gasteiger partial charge in [0.2, 0.25) is 0 Å². The van der Waals surface area contributed by atoms with Gasteiger partial charge in [-0.05, 0) is 27.2 Å². The van der Waals surface area contributed by atoms with E-state index in [4.69, 9.17) is 5.11 Å². The molecule has 2 amide bonds. The zero-order valence-corrected chi connectivity index (χ0v) is 12.9. The number of carbonyl (C=O) groups excluding carboxylic acids is 2. The summed E-state index contributed by atoms with van der Waals surface area (Å²) < 4.78 is 4.43. The van der Waals surface area contributed by atoms with Gasteiger partial charge >= 0.3 is 18.0 Å². The van der Waals surface area contributed by atoms with Crippen LogP contribution in [0.3, 0.4) is 0 Å². The van der Waals surface area contributed by atoms with E-state index in [1.165, 1.54) is 12.0 Å². The van der Waals surface area contributed by atoms with Crippen LogP contribution in [0.5, 0.6) is 0 Å². The molecule has 0 bridgehead atoms. The highest BCUT2D eigenvalue weighted by molar-refractivity contribution is 5.83. The molecule has 0 saturated heterocycles. The van der Waals surface area contributed by atoms with Crippen LogP contribution in [0.15, 0.2) is 0 Å². The molecule has 122 valence electrons. The molecule has 8 heteroatoms. The van der Waals surface area contributed by atoms with Gasteiger partial charge in [0.25, 0.3) is 0 Å². The number of ether oxygens (including phenoxy) is 1. The fourth-order valence-electron chi connectivity index (χ4n) is 1.66. The van der Waals surface area contributed by atoms with Crippen LogP contribution in [-0.4, -0.2) is 64.9 Å². The van der Waals surface area contributed by atoms with Crippen molar-refractivity contribution in [3.63, 3.8) is 0 Å². The molecule has 0 spiro atoms. The van der Waals surface area contributed by atoms with Gasteiger partial charge in [-0.2, -0.15) is 0 Å². The van der Waals surface area contributed by atoms with Crippen molar-refractivity contribution in [2.24, 2.45) is 0 Å².